The number of methoxy groups -OCH3 is 1. The minimum absolute atomic E-state index is 0.231. The van der Waals surface area contributed by atoms with E-state index in [-0.39, 0.29) is 11.6 Å². The van der Waals surface area contributed by atoms with E-state index in [0.717, 1.165) is 18.6 Å². The summed E-state index contributed by atoms with van der Waals surface area (Å²) in [7, 11) is 1.46. The van der Waals surface area contributed by atoms with Crippen molar-refractivity contribution >= 4 is 30.1 Å². The number of allylic oxidation sites excluding steroid dienone is 2. The molecule has 24 heavy (non-hydrogen) atoms. The molecule has 3 rings (SSSR count). The number of hydrogen-bond donors (Lipinski definition) is 1. The minimum Gasteiger partial charge on any atom is -0.494 e. The first-order chi connectivity index (χ1) is 11.7. The van der Waals surface area contributed by atoms with Gasteiger partial charge in [0, 0.05) is 11.8 Å². The Kier molecular flexibility index (Phi) is 5.63. The van der Waals surface area contributed by atoms with Crippen LogP contribution in [0.2, 0.25) is 0 Å². The lowest BCUT2D eigenvalue weighted by molar-refractivity contribution is 0.231. The van der Waals surface area contributed by atoms with Crippen LogP contribution < -0.4 is 10.1 Å². The second-order valence-corrected chi connectivity index (χ2v) is 7.79. The average molecular weight is 437 g/mol. The number of benzene rings is 2. The molecule has 3 nitrogen and oxygen atoms in total. The fraction of sp³-hybridized carbons (Fsp3) is 0.105. The van der Waals surface area contributed by atoms with Gasteiger partial charge >= 0.3 is 0 Å². The van der Waals surface area contributed by atoms with Crippen LogP contribution >= 0.6 is 20.7 Å². The number of nitrogens with one attached hydrogen (secondary N) is 1. The smallest absolute Gasteiger partial charge is 0.165 e. The molecule has 0 bridgehead atoms. The topological polar surface area (TPSA) is 30.5 Å². The lowest BCUT2D eigenvalue weighted by Crippen LogP contribution is -2.08. The fourth-order valence-corrected chi connectivity index (χ4v) is 4.22. The lowest BCUT2D eigenvalue weighted by atomic mass is 10.2. The number of anilines is 1. The number of hydrogen-bond acceptors (Lipinski definition) is 3. The van der Waals surface area contributed by atoms with Gasteiger partial charge in [-0.25, -0.2) is 4.39 Å². The van der Waals surface area contributed by atoms with E-state index in [4.69, 9.17) is 9.47 Å². The third-order valence-electron chi connectivity index (χ3n) is 3.30. The highest BCUT2D eigenvalue weighted by atomic mass is 127. The molecule has 0 aromatic heterocycles. The van der Waals surface area contributed by atoms with E-state index >= 15 is 0 Å². The Balaban J connectivity index is 1.65. The molecule has 1 N–H and O–H groups in total. The maximum Gasteiger partial charge on any atom is 0.165 e. The summed E-state index contributed by atoms with van der Waals surface area (Å²) in [4.78, 5) is 0. The molecule has 0 unspecified atom stereocenters. The summed E-state index contributed by atoms with van der Waals surface area (Å²) >= 11 is -0.441. The van der Waals surface area contributed by atoms with Gasteiger partial charge in [-0.3, -0.25) is 0 Å². The molecular formula is C19H17FINO2. The van der Waals surface area contributed by atoms with Gasteiger partial charge in [0.1, 0.15) is 6.61 Å². The van der Waals surface area contributed by atoms with Crippen molar-refractivity contribution in [1.82, 2.24) is 0 Å². The van der Waals surface area contributed by atoms with Crippen LogP contribution in [0.5, 0.6) is 5.75 Å². The molecule has 0 saturated carbocycles. The zero-order valence-corrected chi connectivity index (χ0v) is 15.3. The highest BCUT2D eigenvalue weighted by molar-refractivity contribution is 14.2. The van der Waals surface area contributed by atoms with E-state index in [0.29, 0.717) is 6.61 Å². The largest absolute Gasteiger partial charge is 0.494 e. The second-order valence-electron chi connectivity index (χ2n) is 5.02. The summed E-state index contributed by atoms with van der Waals surface area (Å²) in [5, 5.41) is 3.32. The average Bonchev–Trinajstić information content (AvgIpc) is 2.63. The zero-order chi connectivity index (χ0) is 16.8. The maximum atomic E-state index is 13.5. The van der Waals surface area contributed by atoms with E-state index in [1.807, 2.05) is 48.6 Å². The summed E-state index contributed by atoms with van der Waals surface area (Å²) < 4.78 is 26.5. The van der Waals surface area contributed by atoms with E-state index < -0.39 is 20.7 Å². The van der Waals surface area contributed by atoms with Crippen LogP contribution in [0.15, 0.2) is 70.5 Å². The summed E-state index contributed by atoms with van der Waals surface area (Å²) in [6, 6.07) is 14.8. The molecule has 124 valence electrons. The Morgan fingerprint density at radius 2 is 1.96 bits per heavy atom. The highest BCUT2D eigenvalue weighted by Crippen LogP contribution is 2.26. The van der Waals surface area contributed by atoms with E-state index in [1.54, 1.807) is 12.1 Å². The molecular weight excluding hydrogens is 420 g/mol. The van der Waals surface area contributed by atoms with Crippen molar-refractivity contribution in [1.29, 1.82) is 0 Å². The number of ether oxygens (including phenoxy) is 2. The monoisotopic (exact) mass is 437 g/mol. The first-order valence-electron chi connectivity index (χ1n) is 7.42. The van der Waals surface area contributed by atoms with Crippen molar-refractivity contribution in [2.24, 2.45) is 0 Å². The van der Waals surface area contributed by atoms with Gasteiger partial charge in [-0.1, -0.05) is 36.4 Å². The molecule has 1 aliphatic rings. The standard InChI is InChI=1S/C19H17FINO2/c1-23-17-12-15(10-11-16(17)20)22-18-8-5-9-19(21-18)24-13-14-6-3-2-4-7-14/h2-12,22H,13H2,1H3. The maximum absolute atomic E-state index is 13.5. The first kappa shape index (κ1) is 16.7. The van der Waals surface area contributed by atoms with Gasteiger partial charge in [-0.05, 0) is 50.6 Å². The Morgan fingerprint density at radius 1 is 1.12 bits per heavy atom. The van der Waals surface area contributed by atoms with Crippen molar-refractivity contribution in [3.8, 4) is 5.75 Å². The van der Waals surface area contributed by atoms with Crippen LogP contribution in [-0.4, -0.2) is 10.7 Å². The number of halogens is 2. The molecule has 0 radical (unpaired) electrons. The minimum atomic E-state index is -0.441. The van der Waals surface area contributed by atoms with E-state index in [2.05, 4.69) is 5.32 Å². The molecule has 0 spiro atoms. The SMILES string of the molecule is COc1cc(NC2=IC(OCc3ccccc3)=CC=C2)ccc1F. The summed E-state index contributed by atoms with van der Waals surface area (Å²) in [6.07, 6.45) is 6.00. The normalized spacial score (nSPS) is 13.4. The van der Waals surface area contributed by atoms with Crippen molar-refractivity contribution in [3.05, 3.63) is 81.9 Å². The van der Waals surface area contributed by atoms with Gasteiger partial charge in [0.25, 0.3) is 0 Å². The van der Waals surface area contributed by atoms with Crippen LogP contribution in [0.4, 0.5) is 10.1 Å². The molecule has 0 aliphatic carbocycles. The van der Waals surface area contributed by atoms with Gasteiger partial charge in [0.2, 0.25) is 0 Å². The molecule has 0 fully saturated rings. The Bertz CT molecular complexity index is 800. The van der Waals surface area contributed by atoms with Gasteiger partial charge in [-0.2, -0.15) is 0 Å². The van der Waals surface area contributed by atoms with E-state index in [9.17, 15) is 4.39 Å². The zero-order valence-electron chi connectivity index (χ0n) is 13.1. The molecule has 2 aromatic rings. The van der Waals surface area contributed by atoms with Crippen molar-refractivity contribution in [3.63, 3.8) is 0 Å². The van der Waals surface area contributed by atoms with Gasteiger partial charge < -0.3 is 14.8 Å². The molecule has 0 saturated heterocycles. The van der Waals surface area contributed by atoms with Gasteiger partial charge in [-0.15, -0.1) is 0 Å². The van der Waals surface area contributed by atoms with Gasteiger partial charge in [0.15, 0.2) is 15.3 Å². The first-order valence-corrected chi connectivity index (χ1v) is 9.58. The molecule has 5 heteroatoms. The summed E-state index contributed by atoms with van der Waals surface area (Å²) in [5.74, 6) is -0.136. The highest BCUT2D eigenvalue weighted by Gasteiger charge is 2.07. The predicted molar refractivity (Wildman–Crippen MR) is 104 cm³/mol. The second kappa shape index (κ2) is 8.10. The third kappa shape index (κ3) is 4.44. The number of rotatable bonds is 6. The Morgan fingerprint density at radius 3 is 2.75 bits per heavy atom. The van der Waals surface area contributed by atoms with Crippen LogP contribution in [0, 0.1) is 5.82 Å². The van der Waals surface area contributed by atoms with Crippen LogP contribution in [-0.2, 0) is 11.3 Å². The molecule has 1 heterocycles. The Labute approximate surface area is 150 Å². The summed E-state index contributed by atoms with van der Waals surface area (Å²) in [5.41, 5.74) is 1.95. The fourth-order valence-electron chi connectivity index (χ4n) is 2.11. The molecule has 0 amide bonds. The summed E-state index contributed by atoms with van der Waals surface area (Å²) in [6.45, 7) is 0.567. The van der Waals surface area contributed by atoms with Gasteiger partial charge in [0.05, 0.1) is 10.7 Å². The predicted octanol–water partition coefficient (Wildman–Crippen LogP) is 4.97. The Hall–Kier alpha value is -2.15. The van der Waals surface area contributed by atoms with Crippen molar-refractivity contribution in [2.75, 3.05) is 12.4 Å². The van der Waals surface area contributed by atoms with Crippen molar-refractivity contribution < 1.29 is 13.9 Å². The molecule has 0 atom stereocenters. The quantitative estimate of drug-likeness (QED) is 0.648. The molecule has 2 aromatic carbocycles. The van der Waals surface area contributed by atoms with Crippen molar-refractivity contribution in [2.45, 2.75) is 6.61 Å². The lowest BCUT2D eigenvalue weighted by Gasteiger charge is -2.13. The van der Waals surface area contributed by atoms with E-state index in [1.165, 1.54) is 13.2 Å². The van der Waals surface area contributed by atoms with Crippen LogP contribution in [0.25, 0.3) is 0 Å². The van der Waals surface area contributed by atoms with Crippen LogP contribution in [0.1, 0.15) is 5.56 Å². The molecule has 1 aliphatic heterocycles. The van der Waals surface area contributed by atoms with Crippen LogP contribution in [0.3, 0.4) is 0 Å². The third-order valence-corrected chi connectivity index (χ3v) is 5.71.